The number of halogens is 1. The van der Waals surface area contributed by atoms with E-state index in [0.29, 0.717) is 0 Å². The van der Waals surface area contributed by atoms with Crippen LogP contribution in [0.1, 0.15) is 11.3 Å². The van der Waals surface area contributed by atoms with Crippen molar-refractivity contribution in [2.75, 3.05) is 0 Å². The molecule has 4 heteroatoms. The van der Waals surface area contributed by atoms with Crippen LogP contribution in [0.15, 0.2) is 55.0 Å². The molecule has 0 atom stereocenters. The van der Waals surface area contributed by atoms with E-state index in [2.05, 4.69) is 21.2 Å². The lowest BCUT2D eigenvalue weighted by Gasteiger charge is -2.04. The molecule has 0 saturated carbocycles. The molecule has 0 radical (unpaired) electrons. The molecule has 3 nitrogen and oxygen atoms in total. The minimum atomic E-state index is 0.752. The third-order valence-corrected chi connectivity index (χ3v) is 3.21. The number of nitrogens with one attached hydrogen (secondary N) is 1. The highest BCUT2D eigenvalue weighted by atomic mass is 35.5. The molecule has 3 aromatic rings. The summed E-state index contributed by atoms with van der Waals surface area (Å²) in [4.78, 5) is 4.03. The third-order valence-electron chi connectivity index (χ3n) is 2.98. The first-order valence-corrected chi connectivity index (χ1v) is 6.38. The first-order chi connectivity index (χ1) is 9.33. The van der Waals surface area contributed by atoms with Crippen LogP contribution in [0.4, 0.5) is 0 Å². The van der Waals surface area contributed by atoms with Gasteiger partial charge in [-0.2, -0.15) is 5.10 Å². The van der Waals surface area contributed by atoms with Gasteiger partial charge in [-0.15, -0.1) is 0 Å². The van der Waals surface area contributed by atoms with Gasteiger partial charge in [-0.25, -0.2) is 0 Å². The van der Waals surface area contributed by atoms with Crippen LogP contribution >= 0.6 is 11.6 Å². The summed E-state index contributed by atoms with van der Waals surface area (Å²) in [5, 5.41) is 7.95. The molecule has 0 spiro atoms. The molecule has 3 rings (SSSR count). The van der Waals surface area contributed by atoms with E-state index in [1.54, 1.807) is 12.4 Å². The van der Waals surface area contributed by atoms with Crippen LogP contribution in [0, 0.1) is 0 Å². The molecule has 0 aliphatic carbocycles. The van der Waals surface area contributed by atoms with Crippen molar-refractivity contribution < 1.29 is 0 Å². The van der Waals surface area contributed by atoms with Crippen molar-refractivity contribution in [3.05, 3.63) is 71.3 Å². The van der Waals surface area contributed by atoms with Crippen molar-refractivity contribution in [1.82, 2.24) is 15.2 Å². The molecule has 0 amide bonds. The quantitative estimate of drug-likeness (QED) is 0.787. The normalized spacial score (nSPS) is 10.6. The van der Waals surface area contributed by atoms with E-state index in [9.17, 15) is 0 Å². The molecular weight excluding hydrogens is 258 g/mol. The third kappa shape index (κ3) is 2.66. The molecule has 94 valence electrons. The van der Waals surface area contributed by atoms with Gasteiger partial charge in [-0.1, -0.05) is 23.7 Å². The summed E-state index contributed by atoms with van der Waals surface area (Å²) < 4.78 is 0. The molecular formula is C15H12ClN3. The number of H-pyrrole nitrogens is 1. The highest BCUT2D eigenvalue weighted by Crippen LogP contribution is 2.23. The number of pyridine rings is 1. The molecule has 2 aromatic heterocycles. The van der Waals surface area contributed by atoms with Crippen LogP contribution in [0.2, 0.25) is 5.02 Å². The van der Waals surface area contributed by atoms with Crippen LogP contribution in [-0.2, 0) is 6.42 Å². The molecule has 2 heterocycles. The minimum Gasteiger partial charge on any atom is -0.282 e. The first kappa shape index (κ1) is 11.9. The van der Waals surface area contributed by atoms with Gasteiger partial charge in [0.05, 0.1) is 6.20 Å². The summed E-state index contributed by atoms with van der Waals surface area (Å²) in [5.74, 6) is 0. The fraction of sp³-hybridized carbons (Fsp3) is 0.0667. The van der Waals surface area contributed by atoms with Gasteiger partial charge in [0.15, 0.2) is 0 Å². The lowest BCUT2D eigenvalue weighted by molar-refractivity contribution is 0.997. The smallest absolute Gasteiger partial charge is 0.0568 e. The zero-order chi connectivity index (χ0) is 13.1. The van der Waals surface area contributed by atoms with Crippen molar-refractivity contribution in [3.63, 3.8) is 0 Å². The SMILES string of the molecule is Clc1cccc(Cc2[nH]ncc2-c2ccncc2)c1. The summed E-state index contributed by atoms with van der Waals surface area (Å²) in [6.45, 7) is 0. The molecule has 0 aliphatic heterocycles. The summed E-state index contributed by atoms with van der Waals surface area (Å²) >= 11 is 6.01. The van der Waals surface area contributed by atoms with Crippen molar-refractivity contribution in [2.45, 2.75) is 6.42 Å². The maximum Gasteiger partial charge on any atom is 0.0568 e. The Bertz CT molecular complexity index is 677. The maximum absolute atomic E-state index is 6.01. The van der Waals surface area contributed by atoms with Crippen molar-refractivity contribution in [2.24, 2.45) is 0 Å². The van der Waals surface area contributed by atoms with E-state index in [-0.39, 0.29) is 0 Å². The van der Waals surface area contributed by atoms with E-state index in [4.69, 9.17) is 11.6 Å². The van der Waals surface area contributed by atoms with Crippen molar-refractivity contribution in [3.8, 4) is 11.1 Å². The number of aromatic amines is 1. The van der Waals surface area contributed by atoms with Gasteiger partial charge in [0.25, 0.3) is 0 Å². The predicted octanol–water partition coefficient (Wildman–Crippen LogP) is 3.72. The molecule has 0 unspecified atom stereocenters. The Balaban J connectivity index is 1.93. The largest absolute Gasteiger partial charge is 0.282 e. The van der Waals surface area contributed by atoms with Gasteiger partial charge in [0, 0.05) is 35.1 Å². The van der Waals surface area contributed by atoms with Crippen LogP contribution in [0.3, 0.4) is 0 Å². The lowest BCUT2D eigenvalue weighted by atomic mass is 10.0. The molecule has 1 N–H and O–H groups in total. The van der Waals surface area contributed by atoms with Gasteiger partial charge in [-0.05, 0) is 35.4 Å². The van der Waals surface area contributed by atoms with Crippen molar-refractivity contribution >= 4 is 11.6 Å². The fourth-order valence-electron chi connectivity index (χ4n) is 2.08. The lowest BCUT2D eigenvalue weighted by Crippen LogP contribution is -1.91. The van der Waals surface area contributed by atoms with Gasteiger partial charge in [-0.3, -0.25) is 10.1 Å². The van der Waals surface area contributed by atoms with Gasteiger partial charge >= 0.3 is 0 Å². The van der Waals surface area contributed by atoms with Gasteiger partial charge in [0.2, 0.25) is 0 Å². The number of nitrogens with zero attached hydrogens (tertiary/aromatic N) is 2. The van der Waals surface area contributed by atoms with E-state index in [0.717, 1.165) is 33.8 Å². The molecule has 19 heavy (non-hydrogen) atoms. The number of hydrogen-bond donors (Lipinski definition) is 1. The zero-order valence-corrected chi connectivity index (χ0v) is 10.9. The van der Waals surface area contributed by atoms with Crippen LogP contribution in [-0.4, -0.2) is 15.2 Å². The summed E-state index contributed by atoms with van der Waals surface area (Å²) in [6.07, 6.45) is 6.18. The second kappa shape index (κ2) is 5.24. The second-order valence-corrected chi connectivity index (χ2v) is 4.74. The van der Waals surface area contributed by atoms with Crippen LogP contribution in [0.25, 0.3) is 11.1 Å². The average molecular weight is 270 g/mol. The number of aromatic nitrogens is 3. The van der Waals surface area contributed by atoms with Crippen LogP contribution in [0.5, 0.6) is 0 Å². The summed E-state index contributed by atoms with van der Waals surface area (Å²) in [7, 11) is 0. The number of benzene rings is 1. The highest BCUT2D eigenvalue weighted by Gasteiger charge is 2.08. The standard InChI is InChI=1S/C15H12ClN3/c16-13-3-1-2-11(8-13)9-15-14(10-18-19-15)12-4-6-17-7-5-12/h1-8,10H,9H2,(H,18,19). The van der Waals surface area contributed by atoms with E-state index in [1.165, 1.54) is 0 Å². The Morgan fingerprint density at radius 1 is 1.11 bits per heavy atom. The Morgan fingerprint density at radius 2 is 1.95 bits per heavy atom. The monoisotopic (exact) mass is 269 g/mol. The number of hydrogen-bond acceptors (Lipinski definition) is 2. The summed E-state index contributed by atoms with van der Waals surface area (Å²) in [6, 6.07) is 11.8. The fourth-order valence-corrected chi connectivity index (χ4v) is 2.29. The molecule has 0 aliphatic rings. The highest BCUT2D eigenvalue weighted by molar-refractivity contribution is 6.30. The molecule has 0 saturated heterocycles. The van der Waals surface area contributed by atoms with Crippen LogP contribution < -0.4 is 0 Å². The Labute approximate surface area is 116 Å². The van der Waals surface area contributed by atoms with Gasteiger partial charge in [0.1, 0.15) is 0 Å². The Morgan fingerprint density at radius 3 is 2.74 bits per heavy atom. The molecule has 1 aromatic carbocycles. The minimum absolute atomic E-state index is 0.752. The Kier molecular flexibility index (Phi) is 3.29. The molecule has 0 bridgehead atoms. The maximum atomic E-state index is 6.01. The topological polar surface area (TPSA) is 41.6 Å². The summed E-state index contributed by atoms with van der Waals surface area (Å²) in [5.41, 5.74) is 4.45. The average Bonchev–Trinajstić information content (AvgIpc) is 2.88. The van der Waals surface area contributed by atoms with Crippen molar-refractivity contribution in [1.29, 1.82) is 0 Å². The van der Waals surface area contributed by atoms with E-state index < -0.39 is 0 Å². The van der Waals surface area contributed by atoms with Gasteiger partial charge < -0.3 is 0 Å². The second-order valence-electron chi connectivity index (χ2n) is 4.30. The molecule has 0 fully saturated rings. The zero-order valence-electron chi connectivity index (χ0n) is 10.2. The van der Waals surface area contributed by atoms with E-state index >= 15 is 0 Å². The van der Waals surface area contributed by atoms with E-state index in [1.807, 2.05) is 36.5 Å². The predicted molar refractivity (Wildman–Crippen MR) is 76.1 cm³/mol. The Hall–Kier alpha value is -2.13. The number of rotatable bonds is 3. The first-order valence-electron chi connectivity index (χ1n) is 6.00.